The van der Waals surface area contributed by atoms with Crippen molar-refractivity contribution in [1.82, 2.24) is 14.3 Å². The second-order valence-electron chi connectivity index (χ2n) is 11.9. The van der Waals surface area contributed by atoms with Crippen molar-refractivity contribution in [1.29, 1.82) is 0 Å². The summed E-state index contributed by atoms with van der Waals surface area (Å²) in [6.07, 6.45) is 2.55. The monoisotopic (exact) mass is 722 g/mol. The molecular weight excluding hydrogens is 685 g/mol. The van der Waals surface area contributed by atoms with E-state index in [4.69, 9.17) is 18.9 Å². The smallest absolute Gasteiger partial charge is 0.410 e. The van der Waals surface area contributed by atoms with Gasteiger partial charge >= 0.3 is 6.09 Å². The van der Waals surface area contributed by atoms with E-state index in [-0.39, 0.29) is 22.7 Å². The number of methoxy groups -OCH3 is 3. The van der Waals surface area contributed by atoms with Gasteiger partial charge in [-0.3, -0.25) is 4.31 Å². The quantitative estimate of drug-likeness (QED) is 0.125. The fourth-order valence-corrected chi connectivity index (χ4v) is 6.42. The van der Waals surface area contributed by atoms with E-state index in [1.165, 1.54) is 19.5 Å². The Balaban J connectivity index is 0.000000230. The highest BCUT2D eigenvalue weighted by Crippen LogP contribution is 2.37. The van der Waals surface area contributed by atoms with Crippen LogP contribution in [0.25, 0.3) is 0 Å². The molecule has 0 aliphatic carbocycles. The third-order valence-electron chi connectivity index (χ3n) is 7.35. The van der Waals surface area contributed by atoms with E-state index >= 15 is 0 Å². The zero-order chi connectivity index (χ0) is 35.7. The van der Waals surface area contributed by atoms with Crippen molar-refractivity contribution in [2.24, 2.45) is 0 Å². The van der Waals surface area contributed by atoms with Crippen molar-refractivity contribution in [2.45, 2.75) is 56.6 Å². The molecule has 1 fully saturated rings. The van der Waals surface area contributed by atoms with Gasteiger partial charge in [-0.05, 0) is 87.4 Å². The molecule has 1 aliphatic rings. The molecule has 1 aliphatic heterocycles. The topological polar surface area (TPSA) is 86.2 Å². The number of nitrogens with zero attached hydrogens (tertiary/aromatic N) is 4. The molecule has 5 rings (SSSR count). The summed E-state index contributed by atoms with van der Waals surface area (Å²) in [6.45, 7) is 6.95. The van der Waals surface area contributed by atoms with Crippen molar-refractivity contribution in [3.05, 3.63) is 89.3 Å². The summed E-state index contributed by atoms with van der Waals surface area (Å²) in [5, 5.41) is 0.540. The van der Waals surface area contributed by atoms with Crippen LogP contribution in [0.1, 0.15) is 50.7 Å². The fraction of sp³-hybridized carbons (Fsp3) is 0.382. The van der Waals surface area contributed by atoms with E-state index < -0.39 is 28.9 Å². The summed E-state index contributed by atoms with van der Waals surface area (Å²) < 4.78 is 81.2. The van der Waals surface area contributed by atoms with Gasteiger partial charge in [0.05, 0.1) is 32.8 Å². The van der Waals surface area contributed by atoms with Gasteiger partial charge in [0.2, 0.25) is 5.13 Å². The molecule has 3 aromatic carbocycles. The summed E-state index contributed by atoms with van der Waals surface area (Å²) >= 11 is 2.16. The first-order valence-corrected chi connectivity index (χ1v) is 16.8. The standard InChI is InChI=1S/C18H17F2N3O3S2.C16H21F2NO2/c1-24-12-5-4-11(15(6-12)25-2)9-23(18-21-10-22-27-18)28-17-8-13(19)16(26-3)7-14(17)20;1-16(2,3)21-15(20)19-8-6-11(7-9-19)12-4-5-13(17)14(18)10-12/h4-8,10H,9H2,1-3H3;4-5,10-11H,6-9H2,1-3H3. The van der Waals surface area contributed by atoms with Crippen LogP contribution in [0.2, 0.25) is 0 Å². The number of ether oxygens (including phenoxy) is 4. The molecule has 0 spiro atoms. The van der Waals surface area contributed by atoms with Gasteiger partial charge in [-0.15, -0.1) is 0 Å². The molecule has 264 valence electrons. The third kappa shape index (κ3) is 10.4. The maximum Gasteiger partial charge on any atom is 0.410 e. The number of anilines is 1. The van der Waals surface area contributed by atoms with Crippen LogP contribution in [0.3, 0.4) is 0 Å². The molecule has 0 saturated carbocycles. The highest BCUT2D eigenvalue weighted by Gasteiger charge is 2.28. The lowest BCUT2D eigenvalue weighted by Gasteiger charge is -2.33. The molecule has 49 heavy (non-hydrogen) atoms. The molecule has 0 radical (unpaired) electrons. The lowest BCUT2D eigenvalue weighted by atomic mass is 9.89. The third-order valence-corrected chi connectivity index (χ3v) is 9.18. The molecular formula is C34H38F4N4O5S2. The minimum absolute atomic E-state index is 0.0981. The lowest BCUT2D eigenvalue weighted by Crippen LogP contribution is -2.41. The van der Waals surface area contributed by atoms with Gasteiger partial charge in [0.15, 0.2) is 23.2 Å². The van der Waals surface area contributed by atoms with Crippen LogP contribution in [0.15, 0.2) is 59.8 Å². The Morgan fingerprint density at radius 1 is 0.898 bits per heavy atom. The van der Waals surface area contributed by atoms with E-state index in [9.17, 15) is 22.4 Å². The maximum atomic E-state index is 14.4. The molecule has 0 unspecified atom stereocenters. The summed E-state index contributed by atoms with van der Waals surface area (Å²) in [5.41, 5.74) is 1.10. The van der Waals surface area contributed by atoms with Crippen LogP contribution >= 0.6 is 23.5 Å². The molecule has 15 heteroatoms. The van der Waals surface area contributed by atoms with Gasteiger partial charge in [-0.2, -0.15) is 4.37 Å². The van der Waals surface area contributed by atoms with E-state index in [0.29, 0.717) is 36.3 Å². The SMILES string of the molecule is CC(C)(C)OC(=O)N1CCC(c2ccc(F)c(F)c2)CC1.COc1ccc(CN(Sc2cc(F)c(OC)cc2F)c2ncns2)c(OC)c1. The van der Waals surface area contributed by atoms with Gasteiger partial charge in [-0.1, -0.05) is 6.07 Å². The lowest BCUT2D eigenvalue weighted by molar-refractivity contribution is 0.0204. The maximum absolute atomic E-state index is 14.4. The van der Waals surface area contributed by atoms with Gasteiger partial charge < -0.3 is 23.8 Å². The second-order valence-corrected chi connectivity index (χ2v) is 13.7. The largest absolute Gasteiger partial charge is 0.497 e. The van der Waals surface area contributed by atoms with Gasteiger partial charge in [0, 0.05) is 42.3 Å². The van der Waals surface area contributed by atoms with E-state index in [1.54, 1.807) is 41.6 Å². The zero-order valence-electron chi connectivity index (χ0n) is 28.0. The van der Waals surface area contributed by atoms with E-state index in [1.807, 2.05) is 26.8 Å². The number of hydrogen-bond acceptors (Lipinski definition) is 10. The number of carbonyl (C=O) groups excluding carboxylic acids is 1. The van der Waals surface area contributed by atoms with Crippen LogP contribution in [-0.2, 0) is 11.3 Å². The molecule has 2 heterocycles. The first kappa shape index (κ1) is 37.6. The van der Waals surface area contributed by atoms with Crippen molar-refractivity contribution in [3.8, 4) is 17.2 Å². The number of benzene rings is 3. The van der Waals surface area contributed by atoms with Gasteiger partial charge in [-0.25, -0.2) is 27.3 Å². The second kappa shape index (κ2) is 16.9. The fourth-order valence-electron chi connectivity index (χ4n) is 4.90. The highest BCUT2D eigenvalue weighted by molar-refractivity contribution is 8.00. The summed E-state index contributed by atoms with van der Waals surface area (Å²) in [6, 6.07) is 11.5. The van der Waals surface area contributed by atoms with Crippen LogP contribution in [-0.4, -0.2) is 60.4 Å². The molecule has 4 aromatic rings. The van der Waals surface area contributed by atoms with Crippen molar-refractivity contribution >= 4 is 34.7 Å². The summed E-state index contributed by atoms with van der Waals surface area (Å²) in [5.74, 6) is -1.63. The number of likely N-dealkylation sites (tertiary alicyclic amines) is 1. The Bertz CT molecular complexity index is 1700. The van der Waals surface area contributed by atoms with E-state index in [0.717, 1.165) is 65.6 Å². The summed E-state index contributed by atoms with van der Waals surface area (Å²) in [4.78, 5) is 17.9. The number of hydrogen-bond donors (Lipinski definition) is 0. The number of carbonyl (C=O) groups is 1. The van der Waals surface area contributed by atoms with Gasteiger partial charge in [0.1, 0.15) is 29.2 Å². The Morgan fingerprint density at radius 3 is 2.20 bits per heavy atom. The predicted molar refractivity (Wildman–Crippen MR) is 181 cm³/mol. The van der Waals surface area contributed by atoms with Gasteiger partial charge in [0.25, 0.3) is 0 Å². The van der Waals surface area contributed by atoms with Crippen LogP contribution in [0.5, 0.6) is 17.2 Å². The molecule has 1 amide bonds. The first-order valence-electron chi connectivity index (χ1n) is 15.2. The number of halogens is 4. The predicted octanol–water partition coefficient (Wildman–Crippen LogP) is 8.64. The number of rotatable bonds is 9. The molecule has 0 atom stereocenters. The van der Waals surface area contributed by atoms with Crippen LogP contribution in [0, 0.1) is 23.3 Å². The Morgan fingerprint density at radius 2 is 1.61 bits per heavy atom. The molecule has 0 bridgehead atoms. The summed E-state index contributed by atoms with van der Waals surface area (Å²) in [7, 11) is 4.41. The highest BCUT2D eigenvalue weighted by atomic mass is 32.2. The first-order chi connectivity index (χ1) is 23.3. The Labute approximate surface area is 291 Å². The number of piperidine rings is 1. The van der Waals surface area contributed by atoms with Crippen LogP contribution in [0.4, 0.5) is 27.5 Å². The Hall–Kier alpha value is -4.24. The van der Waals surface area contributed by atoms with Crippen molar-refractivity contribution in [2.75, 3.05) is 38.7 Å². The minimum Gasteiger partial charge on any atom is -0.497 e. The van der Waals surface area contributed by atoms with Crippen molar-refractivity contribution in [3.63, 3.8) is 0 Å². The molecule has 1 saturated heterocycles. The average Bonchev–Trinajstić information content (AvgIpc) is 3.62. The molecule has 1 aromatic heterocycles. The Kier molecular flexibility index (Phi) is 13.0. The number of aromatic nitrogens is 2. The zero-order valence-corrected chi connectivity index (χ0v) is 29.6. The van der Waals surface area contributed by atoms with Crippen LogP contribution < -0.4 is 18.5 Å². The average molecular weight is 723 g/mol. The van der Waals surface area contributed by atoms with E-state index in [2.05, 4.69) is 9.36 Å². The normalized spacial score (nSPS) is 13.3. The molecule has 0 N–H and O–H groups in total. The minimum atomic E-state index is -0.829. The molecule has 9 nitrogen and oxygen atoms in total. The van der Waals surface area contributed by atoms with Crippen molar-refractivity contribution < 1.29 is 41.3 Å². The number of amides is 1.